The molecule has 1 atom stereocenters. The summed E-state index contributed by atoms with van der Waals surface area (Å²) < 4.78 is 93.3. The van der Waals surface area contributed by atoms with Crippen molar-refractivity contribution in [3.63, 3.8) is 0 Å². The lowest BCUT2D eigenvalue weighted by atomic mass is 9.94. The minimum atomic E-state index is -6.60. The van der Waals surface area contributed by atoms with Gasteiger partial charge in [-0.3, -0.25) is 9.59 Å². The van der Waals surface area contributed by atoms with Crippen LogP contribution in [0.25, 0.3) is 10.9 Å². The van der Waals surface area contributed by atoms with E-state index in [-0.39, 0.29) is 29.4 Å². The lowest BCUT2D eigenvalue weighted by Gasteiger charge is -2.40. The highest BCUT2D eigenvalue weighted by Crippen LogP contribution is 2.47. The van der Waals surface area contributed by atoms with Gasteiger partial charge in [0.05, 0.1) is 5.52 Å². The molecule has 0 spiro atoms. The second-order valence-electron chi connectivity index (χ2n) is 8.86. The van der Waals surface area contributed by atoms with Gasteiger partial charge in [-0.15, -0.1) is 0 Å². The third kappa shape index (κ3) is 3.77. The molecule has 14 heteroatoms. The van der Waals surface area contributed by atoms with E-state index in [2.05, 4.69) is 0 Å². The largest absolute Gasteiger partial charge is 0.477 e. The number of benzene rings is 1. The first-order chi connectivity index (χ1) is 16.6. The summed E-state index contributed by atoms with van der Waals surface area (Å²) in [5, 5.41) is 9.57. The number of hydrogen-bond donors (Lipinski definition) is 1. The average Bonchev–Trinajstić information content (AvgIpc) is 2.80. The summed E-state index contributed by atoms with van der Waals surface area (Å²) >= 11 is 0. The molecule has 1 aromatic carbocycles. The first-order valence-corrected chi connectivity index (χ1v) is 10.9. The highest BCUT2D eigenvalue weighted by atomic mass is 19.4. The van der Waals surface area contributed by atoms with E-state index in [9.17, 15) is 50.2 Å². The molecule has 1 amide bonds. The van der Waals surface area contributed by atoms with Crippen molar-refractivity contribution >= 4 is 28.5 Å². The number of alkyl halides is 7. The van der Waals surface area contributed by atoms with Crippen molar-refractivity contribution in [3.05, 3.63) is 39.7 Å². The molecular formula is C22H20F7N3O4. The van der Waals surface area contributed by atoms with E-state index in [1.807, 2.05) is 6.92 Å². The van der Waals surface area contributed by atoms with Crippen LogP contribution in [0.15, 0.2) is 23.1 Å². The van der Waals surface area contributed by atoms with Gasteiger partial charge in [0.25, 0.3) is 5.91 Å². The van der Waals surface area contributed by atoms with E-state index in [1.54, 1.807) is 15.5 Å². The molecule has 1 N–H and O–H groups in total. The lowest BCUT2D eigenvalue weighted by Crippen LogP contribution is -2.62. The quantitative estimate of drug-likeness (QED) is 0.619. The van der Waals surface area contributed by atoms with E-state index in [4.69, 9.17) is 0 Å². The van der Waals surface area contributed by atoms with Gasteiger partial charge in [-0.05, 0) is 37.5 Å². The van der Waals surface area contributed by atoms with Gasteiger partial charge in [0, 0.05) is 49.5 Å². The molecule has 0 aliphatic carbocycles. The molecule has 196 valence electrons. The summed E-state index contributed by atoms with van der Waals surface area (Å²) in [5.41, 5.74) is 0.715. The van der Waals surface area contributed by atoms with Gasteiger partial charge in [0.15, 0.2) is 0 Å². The number of carboxylic acids is 1. The molecule has 0 radical (unpaired) electrons. The number of carbonyl (C=O) groups is 2. The Balaban J connectivity index is 1.63. The van der Waals surface area contributed by atoms with Gasteiger partial charge in [-0.25, -0.2) is 4.79 Å². The standard InChI is InChI=1S/C22H20F7N3O4/c1-11-2-3-12-15(5-4-13-16(12)32(11)10-14(17(13)33)18(34)35)30-6-8-31(9-7-30)19(36)20(23,24)21(25,26)22(27,28)29/h4-5,10-11H,2-3,6-9H2,1H3,(H,34,35). The van der Waals surface area contributed by atoms with E-state index in [0.29, 0.717) is 29.6 Å². The molecule has 1 saturated heterocycles. The normalized spacial score (nSPS) is 19.1. The van der Waals surface area contributed by atoms with Crippen LogP contribution in [0.2, 0.25) is 0 Å². The van der Waals surface area contributed by atoms with Crippen LogP contribution in [-0.2, 0) is 11.2 Å². The first-order valence-electron chi connectivity index (χ1n) is 10.9. The van der Waals surface area contributed by atoms with Gasteiger partial charge < -0.3 is 19.5 Å². The number of aromatic carboxylic acids is 1. The maximum atomic E-state index is 13.9. The second-order valence-corrected chi connectivity index (χ2v) is 8.86. The van der Waals surface area contributed by atoms with Gasteiger partial charge >= 0.3 is 24.0 Å². The molecule has 1 fully saturated rings. The zero-order valence-electron chi connectivity index (χ0n) is 18.7. The molecular weight excluding hydrogens is 503 g/mol. The van der Waals surface area contributed by atoms with Crippen LogP contribution in [0.1, 0.15) is 35.3 Å². The van der Waals surface area contributed by atoms with Crippen LogP contribution in [0, 0.1) is 0 Å². The SMILES string of the molecule is CC1CCc2c(N3CCN(C(=O)C(F)(F)C(F)(F)C(F)(F)F)CC3)ccc3c(=O)c(C(=O)O)cn1c23. The molecule has 1 unspecified atom stereocenters. The highest BCUT2D eigenvalue weighted by molar-refractivity contribution is 5.95. The number of piperazine rings is 1. The number of anilines is 1. The molecule has 0 bridgehead atoms. The molecule has 3 heterocycles. The molecule has 0 saturated carbocycles. The predicted molar refractivity (Wildman–Crippen MR) is 113 cm³/mol. The van der Waals surface area contributed by atoms with Crippen molar-refractivity contribution in [2.75, 3.05) is 31.1 Å². The fourth-order valence-corrected chi connectivity index (χ4v) is 4.71. The van der Waals surface area contributed by atoms with Crippen LogP contribution in [0.5, 0.6) is 0 Å². The second kappa shape index (κ2) is 8.37. The fraction of sp³-hybridized carbons (Fsp3) is 0.500. The molecule has 4 rings (SSSR count). The van der Waals surface area contributed by atoms with E-state index >= 15 is 0 Å². The smallest absolute Gasteiger partial charge is 0.460 e. The number of carbonyl (C=O) groups excluding carboxylic acids is 1. The maximum Gasteiger partial charge on any atom is 0.460 e. The van der Waals surface area contributed by atoms with Gasteiger partial charge in [0.2, 0.25) is 5.43 Å². The minimum absolute atomic E-state index is 0.124. The maximum absolute atomic E-state index is 13.9. The number of hydrogen-bond acceptors (Lipinski definition) is 4. The van der Waals surface area contributed by atoms with Gasteiger partial charge in [-0.1, -0.05) is 0 Å². The number of nitrogens with zero attached hydrogens (tertiary/aromatic N) is 3. The Bertz CT molecular complexity index is 1300. The monoisotopic (exact) mass is 523 g/mol. The summed E-state index contributed by atoms with van der Waals surface area (Å²) in [6.07, 6.45) is -4.24. The number of pyridine rings is 1. The molecule has 36 heavy (non-hydrogen) atoms. The summed E-state index contributed by atoms with van der Waals surface area (Å²) in [6, 6.07) is 2.86. The van der Waals surface area contributed by atoms with E-state index < -0.39 is 54.0 Å². The Morgan fingerprint density at radius 2 is 1.61 bits per heavy atom. The Hall–Kier alpha value is -3.32. The van der Waals surface area contributed by atoms with Crippen molar-refractivity contribution in [2.45, 2.75) is 43.8 Å². The number of halogens is 7. The zero-order valence-corrected chi connectivity index (χ0v) is 18.7. The molecule has 1 aromatic heterocycles. The fourth-order valence-electron chi connectivity index (χ4n) is 4.71. The predicted octanol–water partition coefficient (Wildman–Crippen LogP) is 3.69. The van der Waals surface area contributed by atoms with Crippen molar-refractivity contribution in [2.24, 2.45) is 0 Å². The molecule has 2 aromatic rings. The topological polar surface area (TPSA) is 82.8 Å². The zero-order chi connectivity index (χ0) is 26.8. The van der Waals surface area contributed by atoms with Crippen molar-refractivity contribution in [1.82, 2.24) is 9.47 Å². The number of aromatic nitrogens is 1. The molecule has 7 nitrogen and oxygen atoms in total. The van der Waals surface area contributed by atoms with Crippen LogP contribution < -0.4 is 10.3 Å². The Morgan fingerprint density at radius 1 is 1.00 bits per heavy atom. The number of amides is 1. The van der Waals surface area contributed by atoms with E-state index in [0.717, 1.165) is 0 Å². The number of rotatable bonds is 4. The van der Waals surface area contributed by atoms with Crippen LogP contribution >= 0.6 is 0 Å². The Morgan fingerprint density at radius 3 is 2.17 bits per heavy atom. The lowest BCUT2D eigenvalue weighted by molar-refractivity contribution is -0.346. The van der Waals surface area contributed by atoms with Gasteiger partial charge in [0.1, 0.15) is 5.56 Å². The first kappa shape index (κ1) is 25.8. The average molecular weight is 523 g/mol. The van der Waals surface area contributed by atoms with E-state index in [1.165, 1.54) is 12.3 Å². The van der Waals surface area contributed by atoms with Crippen LogP contribution in [-0.4, -0.2) is 70.7 Å². The Labute approximate surface area is 198 Å². The molecule has 2 aliphatic heterocycles. The number of aryl methyl sites for hydroxylation is 1. The summed E-state index contributed by atoms with van der Waals surface area (Å²) in [5.74, 6) is -16.5. The Kier molecular flexibility index (Phi) is 5.99. The van der Waals surface area contributed by atoms with Crippen molar-refractivity contribution in [1.29, 1.82) is 0 Å². The summed E-state index contributed by atoms with van der Waals surface area (Å²) in [7, 11) is 0. The highest BCUT2D eigenvalue weighted by Gasteiger charge is 2.76. The minimum Gasteiger partial charge on any atom is -0.477 e. The number of carboxylic acid groups (broad SMARTS) is 1. The summed E-state index contributed by atoms with van der Waals surface area (Å²) in [4.78, 5) is 38.1. The van der Waals surface area contributed by atoms with Crippen LogP contribution in [0.4, 0.5) is 36.4 Å². The van der Waals surface area contributed by atoms with Crippen LogP contribution in [0.3, 0.4) is 0 Å². The van der Waals surface area contributed by atoms with Crippen molar-refractivity contribution in [3.8, 4) is 0 Å². The van der Waals surface area contributed by atoms with Crippen molar-refractivity contribution < 1.29 is 45.4 Å². The van der Waals surface area contributed by atoms with Gasteiger partial charge in [-0.2, -0.15) is 30.7 Å². The third-order valence-corrected chi connectivity index (χ3v) is 6.72. The summed E-state index contributed by atoms with van der Waals surface area (Å²) in [6.45, 7) is 0.532. The molecule has 2 aliphatic rings. The third-order valence-electron chi connectivity index (χ3n) is 6.72.